The molecule has 1 aromatic carbocycles. The summed E-state index contributed by atoms with van der Waals surface area (Å²) < 4.78 is 19.3. The minimum Gasteiger partial charge on any atom is -0.507 e. The normalized spacial score (nSPS) is 14.1. The van der Waals surface area contributed by atoms with Gasteiger partial charge in [0.05, 0.1) is 33.5 Å². The molecule has 0 aliphatic carbocycles. The smallest absolute Gasteiger partial charge is 0.355 e. The molecule has 0 spiro atoms. The monoisotopic (exact) mass is 351 g/mol. The maximum Gasteiger partial charge on any atom is 0.355 e. The van der Waals surface area contributed by atoms with Crippen LogP contribution >= 0.6 is 0 Å². The molecule has 0 bridgehead atoms. The van der Waals surface area contributed by atoms with Gasteiger partial charge in [-0.25, -0.2) is 14.4 Å². The highest BCUT2D eigenvalue weighted by Crippen LogP contribution is 2.31. The van der Waals surface area contributed by atoms with Crippen LogP contribution in [0.1, 0.15) is 10.4 Å². The fraction of sp³-hybridized carbons (Fsp3) is 0.312. The van der Waals surface area contributed by atoms with Crippen molar-refractivity contribution in [1.29, 1.82) is 0 Å². The number of rotatable bonds is 4. The fourth-order valence-electron chi connectivity index (χ4n) is 2.32. The highest BCUT2D eigenvalue weighted by Gasteiger charge is 2.32. The Kier molecular flexibility index (Phi) is 5.60. The molecule has 1 aliphatic rings. The van der Waals surface area contributed by atoms with E-state index in [1.807, 2.05) is 0 Å². The number of esters is 3. The quantitative estimate of drug-likeness (QED) is 0.614. The van der Waals surface area contributed by atoms with Gasteiger partial charge in [-0.3, -0.25) is 0 Å². The Morgan fingerprint density at radius 3 is 2.24 bits per heavy atom. The first-order valence-corrected chi connectivity index (χ1v) is 7.11. The second-order valence-electron chi connectivity index (χ2n) is 4.91. The topological polar surface area (TPSA) is 112 Å². The molecule has 1 N–H and O–H groups in total. The molecule has 0 amide bonds. The Morgan fingerprint density at radius 1 is 1.04 bits per heavy atom. The van der Waals surface area contributed by atoms with Crippen LogP contribution in [-0.4, -0.2) is 57.7 Å². The number of phenolic OH excluding ortho intramolecular Hbond substituents is 1. The van der Waals surface area contributed by atoms with E-state index in [4.69, 9.17) is 9.47 Å². The molecule has 9 heteroatoms. The summed E-state index contributed by atoms with van der Waals surface area (Å²) >= 11 is 0. The second-order valence-corrected chi connectivity index (χ2v) is 4.91. The van der Waals surface area contributed by atoms with Crippen LogP contribution < -0.4 is 4.90 Å². The fourth-order valence-corrected chi connectivity index (χ4v) is 2.32. The average Bonchev–Trinajstić information content (AvgIpc) is 2.65. The summed E-state index contributed by atoms with van der Waals surface area (Å²) in [5.74, 6) is -2.56. The molecule has 134 valence electrons. The number of carbonyl (C=O) groups is 3. The molecule has 2 rings (SSSR count). The largest absolute Gasteiger partial charge is 0.507 e. The van der Waals surface area contributed by atoms with Crippen LogP contribution in [0.25, 0.3) is 0 Å². The van der Waals surface area contributed by atoms with E-state index in [-0.39, 0.29) is 35.9 Å². The van der Waals surface area contributed by atoms with E-state index in [2.05, 4.69) is 9.47 Å². The van der Waals surface area contributed by atoms with Crippen LogP contribution in [-0.2, 0) is 28.5 Å². The molecule has 0 unspecified atom stereocenters. The van der Waals surface area contributed by atoms with Crippen molar-refractivity contribution in [3.05, 3.63) is 35.0 Å². The maximum atomic E-state index is 12.2. The first-order valence-electron chi connectivity index (χ1n) is 7.11. The van der Waals surface area contributed by atoms with E-state index in [1.54, 1.807) is 0 Å². The number of ether oxygens (including phenoxy) is 4. The van der Waals surface area contributed by atoms with Crippen molar-refractivity contribution in [3.63, 3.8) is 0 Å². The zero-order valence-corrected chi connectivity index (χ0v) is 13.9. The van der Waals surface area contributed by atoms with Crippen molar-refractivity contribution in [2.24, 2.45) is 0 Å². The average molecular weight is 351 g/mol. The van der Waals surface area contributed by atoms with Gasteiger partial charge in [0.2, 0.25) is 0 Å². The third-order valence-electron chi connectivity index (χ3n) is 3.53. The van der Waals surface area contributed by atoms with Crippen molar-refractivity contribution >= 4 is 23.6 Å². The second kappa shape index (κ2) is 7.67. The summed E-state index contributed by atoms with van der Waals surface area (Å²) in [6.45, 7) is -0.193. The number of methoxy groups -OCH3 is 3. The molecule has 0 atom stereocenters. The van der Waals surface area contributed by atoms with Gasteiger partial charge in [0.25, 0.3) is 0 Å². The van der Waals surface area contributed by atoms with Gasteiger partial charge in [-0.05, 0) is 12.1 Å². The van der Waals surface area contributed by atoms with Crippen LogP contribution in [0.2, 0.25) is 0 Å². The Bertz CT molecular complexity index is 740. The molecular formula is C16H17NO8. The molecule has 1 aromatic rings. The van der Waals surface area contributed by atoms with Crippen LogP contribution in [0.3, 0.4) is 0 Å². The van der Waals surface area contributed by atoms with Gasteiger partial charge in [-0.2, -0.15) is 0 Å². The van der Waals surface area contributed by atoms with Crippen molar-refractivity contribution in [3.8, 4) is 5.75 Å². The molecule has 0 aromatic heterocycles. The first-order chi connectivity index (χ1) is 11.9. The Balaban J connectivity index is 2.52. The number of nitrogens with zero attached hydrogens (tertiary/aromatic N) is 1. The molecule has 0 saturated carbocycles. The highest BCUT2D eigenvalue weighted by molar-refractivity contribution is 6.03. The molecule has 1 heterocycles. The zero-order chi connectivity index (χ0) is 18.6. The van der Waals surface area contributed by atoms with Gasteiger partial charge in [0, 0.05) is 11.8 Å². The van der Waals surface area contributed by atoms with Crippen molar-refractivity contribution in [1.82, 2.24) is 0 Å². The molecule has 0 fully saturated rings. The third-order valence-corrected chi connectivity index (χ3v) is 3.53. The summed E-state index contributed by atoms with van der Waals surface area (Å²) in [6.07, 6.45) is 0. The molecular weight excluding hydrogens is 334 g/mol. The number of benzene rings is 1. The number of carbonyl (C=O) groups excluding carboxylic acids is 3. The lowest BCUT2D eigenvalue weighted by molar-refractivity contribution is -0.140. The summed E-state index contributed by atoms with van der Waals surface area (Å²) in [4.78, 5) is 37.0. The van der Waals surface area contributed by atoms with E-state index in [0.29, 0.717) is 5.69 Å². The van der Waals surface area contributed by atoms with Crippen LogP contribution in [0.5, 0.6) is 5.75 Å². The first kappa shape index (κ1) is 18.3. The van der Waals surface area contributed by atoms with Crippen molar-refractivity contribution in [2.45, 2.75) is 0 Å². The van der Waals surface area contributed by atoms with E-state index in [9.17, 15) is 19.5 Å². The zero-order valence-electron chi connectivity index (χ0n) is 13.9. The van der Waals surface area contributed by atoms with Gasteiger partial charge in [0.15, 0.2) is 0 Å². The molecule has 1 aliphatic heterocycles. The lowest BCUT2D eigenvalue weighted by Crippen LogP contribution is -2.38. The number of hydrogen-bond donors (Lipinski definition) is 1. The summed E-state index contributed by atoms with van der Waals surface area (Å²) in [5.41, 5.74) is 0.190. The minimum absolute atomic E-state index is 0.0165. The molecule has 0 saturated heterocycles. The van der Waals surface area contributed by atoms with Crippen molar-refractivity contribution < 1.29 is 38.4 Å². The van der Waals surface area contributed by atoms with Gasteiger partial charge in [-0.1, -0.05) is 0 Å². The van der Waals surface area contributed by atoms with Crippen molar-refractivity contribution in [2.75, 3.05) is 39.6 Å². The molecule has 9 nitrogen and oxygen atoms in total. The van der Waals surface area contributed by atoms with E-state index < -0.39 is 17.9 Å². The highest BCUT2D eigenvalue weighted by atomic mass is 16.5. The summed E-state index contributed by atoms with van der Waals surface area (Å²) in [5, 5.41) is 10.0. The Labute approximate surface area is 143 Å². The Hall–Kier alpha value is -3.07. The van der Waals surface area contributed by atoms with Gasteiger partial charge in [-0.15, -0.1) is 0 Å². The third kappa shape index (κ3) is 3.56. The minimum atomic E-state index is -0.764. The van der Waals surface area contributed by atoms with Crippen LogP contribution in [0.4, 0.5) is 5.69 Å². The van der Waals surface area contributed by atoms with Gasteiger partial charge in [0.1, 0.15) is 23.7 Å². The molecule has 0 radical (unpaired) electrons. The lowest BCUT2D eigenvalue weighted by atomic mass is 10.1. The van der Waals surface area contributed by atoms with Crippen LogP contribution in [0.15, 0.2) is 29.5 Å². The van der Waals surface area contributed by atoms with E-state index in [0.717, 1.165) is 0 Å². The lowest BCUT2D eigenvalue weighted by Gasteiger charge is -2.31. The van der Waals surface area contributed by atoms with E-state index >= 15 is 0 Å². The standard InChI is InChI=1S/C16H17NO8/c1-22-14(19)10-5-4-9(6-12(10)18)17-8-25-7-11(15(20)23-2)13(17)16(21)24-3/h4-6,18H,7-8H2,1-3H3. The Morgan fingerprint density at radius 2 is 1.68 bits per heavy atom. The number of phenols is 1. The predicted molar refractivity (Wildman–Crippen MR) is 83.8 cm³/mol. The summed E-state index contributed by atoms with van der Waals surface area (Å²) in [7, 11) is 3.55. The predicted octanol–water partition coefficient (Wildman–Crippen LogP) is 0.573. The van der Waals surface area contributed by atoms with Gasteiger partial charge >= 0.3 is 17.9 Å². The SMILES string of the molecule is COC(=O)C1=C(C(=O)OC)N(c2ccc(C(=O)OC)c(O)c2)COC1. The number of aromatic hydroxyl groups is 1. The number of anilines is 1. The van der Waals surface area contributed by atoms with Gasteiger partial charge < -0.3 is 29.0 Å². The summed E-state index contributed by atoms with van der Waals surface area (Å²) in [6, 6.07) is 4.05. The molecule has 25 heavy (non-hydrogen) atoms. The van der Waals surface area contributed by atoms with Crippen LogP contribution in [0, 0.1) is 0 Å². The number of hydrogen-bond acceptors (Lipinski definition) is 9. The maximum absolute atomic E-state index is 12.2. The van der Waals surface area contributed by atoms with E-state index in [1.165, 1.54) is 44.4 Å².